The van der Waals surface area contributed by atoms with Crippen molar-refractivity contribution in [2.45, 2.75) is 20.0 Å². The summed E-state index contributed by atoms with van der Waals surface area (Å²) in [6.45, 7) is 3.90. The summed E-state index contributed by atoms with van der Waals surface area (Å²) in [5, 5.41) is 1.88. The number of ether oxygens (including phenoxy) is 1. The third-order valence-electron chi connectivity index (χ3n) is 3.74. The molecule has 0 aliphatic carbocycles. The van der Waals surface area contributed by atoms with Crippen molar-refractivity contribution < 1.29 is 9.15 Å². The Balaban J connectivity index is 1.89. The maximum absolute atomic E-state index is 5.94. The first-order valence-corrected chi connectivity index (χ1v) is 7.83. The van der Waals surface area contributed by atoms with E-state index in [9.17, 15) is 0 Å². The molecular weight excluding hydrogens is 302 g/mol. The Labute approximate surface area is 139 Å². The molecule has 0 amide bonds. The summed E-state index contributed by atoms with van der Waals surface area (Å²) >= 11 is 0. The van der Waals surface area contributed by atoms with Gasteiger partial charge in [0.05, 0.1) is 17.0 Å². The number of nitrogen functional groups attached to an aromatic ring is 1. The van der Waals surface area contributed by atoms with Gasteiger partial charge in [0.1, 0.15) is 11.3 Å². The molecule has 2 aromatic heterocycles. The summed E-state index contributed by atoms with van der Waals surface area (Å²) in [7, 11) is 0. The Kier molecular flexibility index (Phi) is 3.34. The molecule has 24 heavy (non-hydrogen) atoms. The molecule has 5 heteroatoms. The van der Waals surface area contributed by atoms with Gasteiger partial charge in [0, 0.05) is 10.9 Å². The predicted octanol–water partition coefficient (Wildman–Crippen LogP) is 4.41. The van der Waals surface area contributed by atoms with Gasteiger partial charge in [0.25, 0.3) is 0 Å². The van der Waals surface area contributed by atoms with Gasteiger partial charge in [-0.2, -0.15) is 4.98 Å². The zero-order chi connectivity index (χ0) is 16.7. The molecule has 5 nitrogen and oxygen atoms in total. The van der Waals surface area contributed by atoms with Crippen LogP contribution in [0.25, 0.3) is 33.2 Å². The average Bonchev–Trinajstić information content (AvgIpc) is 2.98. The van der Waals surface area contributed by atoms with E-state index >= 15 is 0 Å². The van der Waals surface area contributed by atoms with E-state index in [0.29, 0.717) is 5.88 Å². The molecular formula is C19H17N3O2. The summed E-state index contributed by atoms with van der Waals surface area (Å²) in [5.41, 5.74) is 8.33. The lowest BCUT2D eigenvalue weighted by Gasteiger charge is -2.12. The second kappa shape index (κ2) is 5.53. The van der Waals surface area contributed by atoms with E-state index in [0.717, 1.165) is 33.2 Å². The highest BCUT2D eigenvalue weighted by Crippen LogP contribution is 2.32. The van der Waals surface area contributed by atoms with E-state index < -0.39 is 0 Å². The molecule has 0 fully saturated rings. The lowest BCUT2D eigenvalue weighted by Crippen LogP contribution is -2.09. The maximum atomic E-state index is 5.94. The van der Waals surface area contributed by atoms with E-state index in [1.807, 2.05) is 62.4 Å². The first-order chi connectivity index (χ1) is 11.6. The van der Waals surface area contributed by atoms with Gasteiger partial charge in [0.2, 0.25) is 11.8 Å². The molecule has 0 radical (unpaired) electrons. The van der Waals surface area contributed by atoms with Gasteiger partial charge in [0.15, 0.2) is 0 Å². The van der Waals surface area contributed by atoms with Crippen LogP contribution in [0.15, 0.2) is 52.9 Å². The van der Waals surface area contributed by atoms with Crippen molar-refractivity contribution in [3.05, 3.63) is 48.5 Å². The average molecular weight is 319 g/mol. The first-order valence-electron chi connectivity index (χ1n) is 7.83. The number of aromatic nitrogens is 2. The minimum atomic E-state index is -0.00245. The third-order valence-corrected chi connectivity index (χ3v) is 3.74. The quantitative estimate of drug-likeness (QED) is 0.605. The highest BCUT2D eigenvalue weighted by atomic mass is 16.5. The van der Waals surface area contributed by atoms with Crippen LogP contribution in [0, 0.1) is 0 Å². The molecule has 120 valence electrons. The van der Waals surface area contributed by atoms with Crippen molar-refractivity contribution in [3.63, 3.8) is 0 Å². The van der Waals surface area contributed by atoms with Gasteiger partial charge in [-0.3, -0.25) is 0 Å². The SMILES string of the molecule is CC(C)Oc1nc(N)nc2ccc(-c3cc4ccccc4o3)cc12. The van der Waals surface area contributed by atoms with Crippen LogP contribution in [0.1, 0.15) is 13.8 Å². The number of anilines is 1. The van der Waals surface area contributed by atoms with Gasteiger partial charge in [-0.1, -0.05) is 18.2 Å². The Morgan fingerprint density at radius 3 is 2.67 bits per heavy atom. The molecule has 0 saturated carbocycles. The molecule has 0 saturated heterocycles. The van der Waals surface area contributed by atoms with Crippen LogP contribution in [0.4, 0.5) is 5.95 Å². The van der Waals surface area contributed by atoms with Crippen molar-refractivity contribution in [2.24, 2.45) is 0 Å². The molecule has 0 spiro atoms. The van der Waals surface area contributed by atoms with Gasteiger partial charge in [-0.15, -0.1) is 0 Å². The maximum Gasteiger partial charge on any atom is 0.226 e. The number of hydrogen-bond donors (Lipinski definition) is 1. The normalized spacial score (nSPS) is 11.5. The number of fused-ring (bicyclic) bond motifs is 2. The zero-order valence-corrected chi connectivity index (χ0v) is 13.5. The lowest BCUT2D eigenvalue weighted by atomic mass is 10.1. The highest BCUT2D eigenvalue weighted by Gasteiger charge is 2.12. The Bertz CT molecular complexity index is 1000. The van der Waals surface area contributed by atoms with Crippen LogP contribution >= 0.6 is 0 Å². The first kappa shape index (κ1) is 14.5. The second-order valence-corrected chi connectivity index (χ2v) is 5.93. The molecule has 4 aromatic rings. The molecule has 0 unspecified atom stereocenters. The number of hydrogen-bond acceptors (Lipinski definition) is 5. The largest absolute Gasteiger partial charge is 0.474 e. The minimum Gasteiger partial charge on any atom is -0.474 e. The minimum absolute atomic E-state index is 0.00245. The van der Waals surface area contributed by atoms with E-state index in [2.05, 4.69) is 9.97 Å². The Hall–Kier alpha value is -3.08. The molecule has 0 aliphatic rings. The van der Waals surface area contributed by atoms with E-state index in [1.54, 1.807) is 0 Å². The van der Waals surface area contributed by atoms with Crippen LogP contribution in [-0.4, -0.2) is 16.1 Å². The lowest BCUT2D eigenvalue weighted by molar-refractivity contribution is 0.236. The van der Waals surface area contributed by atoms with E-state index in [-0.39, 0.29) is 12.1 Å². The van der Waals surface area contributed by atoms with Crippen LogP contribution < -0.4 is 10.5 Å². The van der Waals surface area contributed by atoms with Crippen LogP contribution in [0.3, 0.4) is 0 Å². The van der Waals surface area contributed by atoms with Crippen molar-refractivity contribution in [2.75, 3.05) is 5.73 Å². The summed E-state index contributed by atoms with van der Waals surface area (Å²) in [6, 6.07) is 15.8. The molecule has 0 bridgehead atoms. The van der Waals surface area contributed by atoms with Gasteiger partial charge in [-0.05, 0) is 44.2 Å². The van der Waals surface area contributed by atoms with Crippen LogP contribution in [0.2, 0.25) is 0 Å². The van der Waals surface area contributed by atoms with Crippen LogP contribution in [0.5, 0.6) is 5.88 Å². The van der Waals surface area contributed by atoms with Crippen molar-refractivity contribution in [1.82, 2.24) is 9.97 Å². The Morgan fingerprint density at radius 1 is 1.04 bits per heavy atom. The van der Waals surface area contributed by atoms with Gasteiger partial charge < -0.3 is 14.9 Å². The number of nitrogens with two attached hydrogens (primary N) is 1. The fourth-order valence-corrected chi connectivity index (χ4v) is 2.71. The number of nitrogens with zero attached hydrogens (tertiary/aromatic N) is 2. The topological polar surface area (TPSA) is 74.2 Å². The van der Waals surface area contributed by atoms with Crippen molar-refractivity contribution >= 4 is 27.8 Å². The summed E-state index contributed by atoms with van der Waals surface area (Å²) in [6.07, 6.45) is -0.00245. The van der Waals surface area contributed by atoms with Crippen molar-refractivity contribution in [3.8, 4) is 17.2 Å². The number of para-hydroxylation sites is 1. The molecule has 2 heterocycles. The summed E-state index contributed by atoms with van der Waals surface area (Å²) in [4.78, 5) is 8.51. The molecule has 2 N–H and O–H groups in total. The molecule has 2 aromatic carbocycles. The number of benzene rings is 2. The molecule has 0 aliphatic heterocycles. The number of rotatable bonds is 3. The smallest absolute Gasteiger partial charge is 0.226 e. The fourth-order valence-electron chi connectivity index (χ4n) is 2.71. The van der Waals surface area contributed by atoms with Crippen LogP contribution in [-0.2, 0) is 0 Å². The highest BCUT2D eigenvalue weighted by molar-refractivity contribution is 5.90. The summed E-state index contributed by atoms with van der Waals surface area (Å²) < 4.78 is 11.7. The zero-order valence-electron chi connectivity index (χ0n) is 13.5. The van der Waals surface area contributed by atoms with Gasteiger partial charge >= 0.3 is 0 Å². The third kappa shape index (κ3) is 2.54. The van der Waals surface area contributed by atoms with Gasteiger partial charge in [-0.25, -0.2) is 4.98 Å². The standard InChI is InChI=1S/C19H17N3O2/c1-11(2)23-18-14-9-13(7-8-15(14)21-19(20)22-18)17-10-12-5-3-4-6-16(12)24-17/h3-11H,1-2H3,(H2,20,21,22). The molecule has 4 rings (SSSR count). The van der Waals surface area contributed by atoms with E-state index in [1.165, 1.54) is 0 Å². The monoisotopic (exact) mass is 319 g/mol. The van der Waals surface area contributed by atoms with Crippen molar-refractivity contribution in [1.29, 1.82) is 0 Å². The Morgan fingerprint density at radius 2 is 1.88 bits per heavy atom. The fraction of sp³-hybridized carbons (Fsp3) is 0.158. The number of furan rings is 1. The summed E-state index contributed by atoms with van der Waals surface area (Å²) in [5.74, 6) is 1.49. The predicted molar refractivity (Wildman–Crippen MR) is 94.9 cm³/mol. The van der Waals surface area contributed by atoms with E-state index in [4.69, 9.17) is 14.9 Å². The second-order valence-electron chi connectivity index (χ2n) is 5.93. The molecule has 0 atom stereocenters.